The number of hydrogen-bond donors (Lipinski definition) is 2. The molecule has 2 N–H and O–H groups in total. The summed E-state index contributed by atoms with van der Waals surface area (Å²) in [5.41, 5.74) is 4.42. The van der Waals surface area contributed by atoms with Gasteiger partial charge in [-0.05, 0) is 68.3 Å². The Kier molecular flexibility index (Phi) is 7.13. The van der Waals surface area contributed by atoms with E-state index in [0.29, 0.717) is 5.75 Å². The molecule has 2 aromatic carbocycles. The molecule has 150 valence electrons. The maximum Gasteiger partial charge on any atom is 0.338 e. The number of ether oxygens (including phenoxy) is 2. The van der Waals surface area contributed by atoms with Gasteiger partial charge < -0.3 is 9.47 Å². The van der Waals surface area contributed by atoms with E-state index in [9.17, 15) is 18.0 Å². The Morgan fingerprint density at radius 2 is 1.68 bits per heavy atom. The van der Waals surface area contributed by atoms with Crippen LogP contribution in [0.3, 0.4) is 0 Å². The molecule has 0 heterocycles. The van der Waals surface area contributed by atoms with E-state index in [4.69, 9.17) is 9.47 Å². The first kappa shape index (κ1) is 21.4. The van der Waals surface area contributed by atoms with Gasteiger partial charge in [0, 0.05) is 0 Å². The maximum atomic E-state index is 12.2. The van der Waals surface area contributed by atoms with Gasteiger partial charge in [0.15, 0.2) is 6.61 Å². The predicted octanol–water partition coefficient (Wildman–Crippen LogP) is 1.87. The van der Waals surface area contributed by atoms with Crippen molar-refractivity contribution in [3.05, 3.63) is 59.2 Å². The van der Waals surface area contributed by atoms with Crippen LogP contribution in [0.25, 0.3) is 0 Å². The molecular formula is C19H22N2O6S. The molecular weight excluding hydrogens is 384 g/mol. The zero-order chi connectivity index (χ0) is 20.7. The van der Waals surface area contributed by atoms with Gasteiger partial charge >= 0.3 is 5.97 Å². The summed E-state index contributed by atoms with van der Waals surface area (Å²) in [5, 5.41) is 0. The van der Waals surface area contributed by atoms with E-state index in [0.717, 1.165) is 11.1 Å². The number of benzene rings is 2. The number of carbonyl (C=O) groups excluding carboxylic acids is 2. The lowest BCUT2D eigenvalue weighted by Gasteiger charge is -2.10. The minimum absolute atomic E-state index is 0.115. The molecule has 2 rings (SSSR count). The number of sulfonamides is 1. The first-order valence-electron chi connectivity index (χ1n) is 8.51. The van der Waals surface area contributed by atoms with E-state index in [2.05, 4.69) is 5.43 Å². The molecule has 0 aliphatic carbocycles. The Hall–Kier alpha value is -2.91. The largest absolute Gasteiger partial charge is 0.484 e. The molecule has 0 saturated heterocycles. The quantitative estimate of drug-likeness (QED) is 0.511. The van der Waals surface area contributed by atoms with Crippen molar-refractivity contribution in [2.75, 3.05) is 13.2 Å². The van der Waals surface area contributed by atoms with Gasteiger partial charge in [0.25, 0.3) is 15.9 Å². The fraction of sp³-hybridized carbons (Fsp3) is 0.263. The van der Waals surface area contributed by atoms with Crippen LogP contribution in [0.2, 0.25) is 0 Å². The molecule has 0 bridgehead atoms. The second-order valence-electron chi connectivity index (χ2n) is 5.93. The van der Waals surface area contributed by atoms with Crippen LogP contribution in [-0.4, -0.2) is 33.5 Å². The number of rotatable bonds is 8. The normalized spacial score (nSPS) is 11.0. The summed E-state index contributed by atoms with van der Waals surface area (Å²) in [6.07, 6.45) is 0. The molecule has 0 saturated carbocycles. The number of carbonyl (C=O) groups is 2. The molecule has 1 amide bonds. The molecule has 2 aromatic rings. The monoisotopic (exact) mass is 406 g/mol. The number of aryl methyl sites for hydroxylation is 2. The van der Waals surface area contributed by atoms with Crippen molar-refractivity contribution in [1.29, 1.82) is 0 Å². The minimum atomic E-state index is -3.99. The highest BCUT2D eigenvalue weighted by molar-refractivity contribution is 7.89. The van der Waals surface area contributed by atoms with Crippen molar-refractivity contribution >= 4 is 21.9 Å². The van der Waals surface area contributed by atoms with Gasteiger partial charge in [0.2, 0.25) is 0 Å². The first-order chi connectivity index (χ1) is 13.2. The second-order valence-corrected chi connectivity index (χ2v) is 7.62. The first-order valence-corrected chi connectivity index (χ1v) is 9.99. The van der Waals surface area contributed by atoms with Gasteiger partial charge in [-0.1, -0.05) is 6.07 Å². The van der Waals surface area contributed by atoms with Crippen molar-refractivity contribution in [2.24, 2.45) is 0 Å². The van der Waals surface area contributed by atoms with Crippen molar-refractivity contribution in [3.63, 3.8) is 0 Å². The zero-order valence-electron chi connectivity index (χ0n) is 15.8. The van der Waals surface area contributed by atoms with Crippen LogP contribution in [0.5, 0.6) is 5.75 Å². The molecule has 0 aliphatic rings. The summed E-state index contributed by atoms with van der Waals surface area (Å²) in [6, 6.07) is 10.5. The molecule has 0 radical (unpaired) electrons. The van der Waals surface area contributed by atoms with Crippen molar-refractivity contribution in [1.82, 2.24) is 10.3 Å². The predicted molar refractivity (Wildman–Crippen MR) is 102 cm³/mol. The Balaban J connectivity index is 1.90. The summed E-state index contributed by atoms with van der Waals surface area (Å²) in [5.74, 6) is -0.697. The molecule has 0 spiro atoms. The van der Waals surface area contributed by atoms with Gasteiger partial charge in [0.1, 0.15) is 5.75 Å². The van der Waals surface area contributed by atoms with Crippen LogP contribution in [0.4, 0.5) is 0 Å². The van der Waals surface area contributed by atoms with Gasteiger partial charge in [-0.3, -0.25) is 10.2 Å². The molecule has 0 fully saturated rings. The Morgan fingerprint density at radius 3 is 2.29 bits per heavy atom. The topological polar surface area (TPSA) is 111 Å². The lowest BCUT2D eigenvalue weighted by Crippen LogP contribution is -2.43. The second kappa shape index (κ2) is 9.34. The smallest absolute Gasteiger partial charge is 0.338 e. The van der Waals surface area contributed by atoms with E-state index in [1.165, 1.54) is 24.3 Å². The molecule has 0 aromatic heterocycles. The number of hydrazine groups is 1. The third kappa shape index (κ3) is 5.80. The molecule has 0 unspecified atom stereocenters. The molecule has 9 heteroatoms. The SMILES string of the molecule is CCOC(=O)c1ccc(S(=O)(=O)NNC(=O)COc2ccc(C)c(C)c2)cc1. The number of nitrogens with one attached hydrogen (secondary N) is 2. The highest BCUT2D eigenvalue weighted by atomic mass is 32.2. The third-order valence-electron chi connectivity index (χ3n) is 3.85. The summed E-state index contributed by atoms with van der Waals surface area (Å²) < 4.78 is 34.6. The van der Waals surface area contributed by atoms with E-state index in [-0.39, 0.29) is 23.7 Å². The highest BCUT2D eigenvalue weighted by Gasteiger charge is 2.16. The van der Waals surface area contributed by atoms with Gasteiger partial charge in [-0.2, -0.15) is 0 Å². The van der Waals surface area contributed by atoms with Crippen LogP contribution in [-0.2, 0) is 19.6 Å². The molecule has 0 atom stereocenters. The van der Waals surface area contributed by atoms with Crippen LogP contribution in [0, 0.1) is 13.8 Å². The van der Waals surface area contributed by atoms with Crippen molar-refractivity contribution in [2.45, 2.75) is 25.7 Å². The van der Waals surface area contributed by atoms with Crippen molar-refractivity contribution in [3.8, 4) is 5.75 Å². The van der Waals surface area contributed by atoms with Gasteiger partial charge in [0.05, 0.1) is 17.1 Å². The summed E-state index contributed by atoms with van der Waals surface area (Å²) in [4.78, 5) is 25.3. The van der Waals surface area contributed by atoms with Gasteiger partial charge in [-0.15, -0.1) is 4.83 Å². The Bertz CT molecular complexity index is 955. The van der Waals surface area contributed by atoms with Gasteiger partial charge in [-0.25, -0.2) is 13.2 Å². The maximum absolute atomic E-state index is 12.2. The lowest BCUT2D eigenvalue weighted by molar-refractivity contribution is -0.123. The number of hydrogen-bond acceptors (Lipinski definition) is 6. The lowest BCUT2D eigenvalue weighted by atomic mass is 10.1. The molecule has 28 heavy (non-hydrogen) atoms. The highest BCUT2D eigenvalue weighted by Crippen LogP contribution is 2.16. The third-order valence-corrected chi connectivity index (χ3v) is 5.11. The Labute approximate surface area is 163 Å². The van der Waals surface area contributed by atoms with E-state index >= 15 is 0 Å². The standard InChI is InChI=1S/C19H22N2O6S/c1-4-26-19(23)15-6-9-17(10-7-15)28(24,25)21-20-18(22)12-27-16-8-5-13(2)14(3)11-16/h5-11,21H,4,12H2,1-3H3,(H,20,22). The fourth-order valence-corrected chi connectivity index (χ4v) is 3.02. The average molecular weight is 406 g/mol. The van der Waals surface area contributed by atoms with E-state index < -0.39 is 21.9 Å². The summed E-state index contributed by atoms with van der Waals surface area (Å²) in [6.45, 7) is 5.42. The summed E-state index contributed by atoms with van der Waals surface area (Å²) >= 11 is 0. The zero-order valence-corrected chi connectivity index (χ0v) is 16.6. The van der Waals surface area contributed by atoms with E-state index in [1.54, 1.807) is 19.1 Å². The Morgan fingerprint density at radius 1 is 1.00 bits per heavy atom. The minimum Gasteiger partial charge on any atom is -0.484 e. The van der Waals surface area contributed by atoms with Crippen LogP contribution >= 0.6 is 0 Å². The fourth-order valence-electron chi connectivity index (χ4n) is 2.16. The molecule has 0 aliphatic heterocycles. The van der Waals surface area contributed by atoms with Crippen LogP contribution in [0.1, 0.15) is 28.4 Å². The van der Waals surface area contributed by atoms with Crippen LogP contribution < -0.4 is 15.0 Å². The van der Waals surface area contributed by atoms with Crippen molar-refractivity contribution < 1.29 is 27.5 Å². The van der Waals surface area contributed by atoms with Crippen LogP contribution in [0.15, 0.2) is 47.4 Å². The van der Waals surface area contributed by atoms with E-state index in [1.807, 2.05) is 24.7 Å². The average Bonchev–Trinajstić information content (AvgIpc) is 2.67. The molecule has 8 nitrogen and oxygen atoms in total. The number of amides is 1. The summed E-state index contributed by atoms with van der Waals surface area (Å²) in [7, 11) is -3.99. The number of esters is 1.